The summed E-state index contributed by atoms with van der Waals surface area (Å²) in [5.74, 6) is -0.209. The molecular formula is C19H21N9O2. The third-order valence-corrected chi connectivity index (χ3v) is 4.82. The third-order valence-electron chi connectivity index (χ3n) is 4.82. The predicted molar refractivity (Wildman–Crippen MR) is 110 cm³/mol. The second kappa shape index (κ2) is 8.25. The lowest BCUT2D eigenvalue weighted by atomic mass is 9.91. The molecule has 0 aliphatic heterocycles. The van der Waals surface area contributed by atoms with Crippen LogP contribution >= 0.6 is 0 Å². The van der Waals surface area contributed by atoms with Gasteiger partial charge in [0.15, 0.2) is 0 Å². The number of anilines is 3. The van der Waals surface area contributed by atoms with E-state index in [-0.39, 0.29) is 29.1 Å². The number of carbonyl (C=O) groups is 1. The van der Waals surface area contributed by atoms with Crippen LogP contribution in [0.3, 0.4) is 0 Å². The van der Waals surface area contributed by atoms with Crippen LogP contribution in [0.25, 0.3) is 5.69 Å². The maximum atomic E-state index is 11.9. The number of nitrogens with one attached hydrogen (secondary N) is 3. The molecule has 0 saturated heterocycles. The lowest BCUT2D eigenvalue weighted by molar-refractivity contribution is 0.100. The number of nitrogens with two attached hydrogens (primary N) is 1. The maximum Gasteiger partial charge on any atom is 0.254 e. The first kappa shape index (κ1) is 19.5. The summed E-state index contributed by atoms with van der Waals surface area (Å²) in [6.07, 6.45) is 5.78. The van der Waals surface area contributed by atoms with E-state index in [4.69, 9.17) is 11.1 Å². The lowest BCUT2D eigenvalue weighted by Crippen LogP contribution is -2.41. The van der Waals surface area contributed by atoms with Crippen molar-refractivity contribution in [1.29, 1.82) is 5.41 Å². The monoisotopic (exact) mass is 407 g/mol. The second-order valence-electron chi connectivity index (χ2n) is 6.91. The van der Waals surface area contributed by atoms with Gasteiger partial charge in [0.05, 0.1) is 35.9 Å². The maximum absolute atomic E-state index is 11.9. The molecule has 1 aliphatic rings. The largest absolute Gasteiger partial charge is 0.387 e. The summed E-state index contributed by atoms with van der Waals surface area (Å²) in [5, 5.41) is 32.3. The van der Waals surface area contributed by atoms with Crippen LogP contribution in [-0.2, 0) is 0 Å². The molecular weight excluding hydrogens is 386 g/mol. The molecule has 4 rings (SSSR count). The number of hydrogen-bond donors (Lipinski definition) is 5. The number of aliphatic hydroxyl groups is 1. The Morgan fingerprint density at radius 3 is 2.83 bits per heavy atom. The van der Waals surface area contributed by atoms with E-state index in [1.807, 2.05) is 12.1 Å². The highest BCUT2D eigenvalue weighted by Gasteiger charge is 2.27. The zero-order valence-corrected chi connectivity index (χ0v) is 16.0. The number of aliphatic hydroxyl groups excluding tert-OH is 1. The Kier molecular flexibility index (Phi) is 5.35. The fraction of sp³-hybridized carbons (Fsp3) is 0.263. The van der Waals surface area contributed by atoms with Crippen molar-refractivity contribution in [2.45, 2.75) is 31.4 Å². The Balaban J connectivity index is 1.60. The molecule has 1 aromatic carbocycles. The highest BCUT2D eigenvalue weighted by atomic mass is 16.3. The van der Waals surface area contributed by atoms with Crippen LogP contribution in [0.15, 0.2) is 42.9 Å². The number of hydrogen-bond acceptors (Lipinski definition) is 9. The van der Waals surface area contributed by atoms with E-state index in [9.17, 15) is 9.90 Å². The summed E-state index contributed by atoms with van der Waals surface area (Å²) in [6.45, 7) is 0. The molecule has 2 heterocycles. The molecule has 1 saturated carbocycles. The van der Waals surface area contributed by atoms with Crippen molar-refractivity contribution in [1.82, 2.24) is 25.0 Å². The van der Waals surface area contributed by atoms with Crippen LogP contribution in [-0.4, -0.2) is 53.8 Å². The summed E-state index contributed by atoms with van der Waals surface area (Å²) >= 11 is 0. The topological polar surface area (TPSA) is 168 Å². The van der Waals surface area contributed by atoms with Gasteiger partial charge in [0.1, 0.15) is 11.4 Å². The molecule has 3 aromatic rings. The minimum atomic E-state index is -0.766. The van der Waals surface area contributed by atoms with Gasteiger partial charge in [-0.1, -0.05) is 6.07 Å². The van der Waals surface area contributed by atoms with Gasteiger partial charge >= 0.3 is 0 Å². The summed E-state index contributed by atoms with van der Waals surface area (Å²) in [5.41, 5.74) is 7.19. The smallest absolute Gasteiger partial charge is 0.254 e. The van der Waals surface area contributed by atoms with Gasteiger partial charge < -0.3 is 26.9 Å². The highest BCUT2D eigenvalue weighted by Crippen LogP contribution is 2.23. The first-order valence-electron chi connectivity index (χ1n) is 9.45. The minimum Gasteiger partial charge on any atom is -0.387 e. The van der Waals surface area contributed by atoms with E-state index in [1.165, 1.54) is 11.0 Å². The molecule has 2 aromatic heterocycles. The molecule has 0 unspecified atom stereocenters. The molecule has 1 aliphatic carbocycles. The predicted octanol–water partition coefficient (Wildman–Crippen LogP) is 1.24. The summed E-state index contributed by atoms with van der Waals surface area (Å²) in [6, 6.07) is 6.89. The normalized spacial score (nSPS) is 18.8. The standard InChI is InChI=1S/C19H21N9O2/c20-16-14(5-2-6-15(16)29)26-19-22-10-13(17(21)30)18(27-19)25-11-3-1-4-12(9-11)28-23-7-8-24-28/h1,3-4,7-10,14-15,20,29H,2,5-6H2,(H2,21,30)(H2,22,25,26,27)/t14-,15+/m1/s1. The zero-order valence-electron chi connectivity index (χ0n) is 16.0. The number of benzene rings is 1. The number of primary amides is 1. The van der Waals surface area contributed by atoms with Gasteiger partial charge in [-0.05, 0) is 37.5 Å². The van der Waals surface area contributed by atoms with Crippen molar-refractivity contribution < 1.29 is 9.90 Å². The first-order valence-corrected chi connectivity index (χ1v) is 9.45. The van der Waals surface area contributed by atoms with Crippen LogP contribution in [0.5, 0.6) is 0 Å². The molecule has 11 heteroatoms. The average molecular weight is 407 g/mol. The molecule has 6 N–H and O–H groups in total. The Labute approximate surface area is 171 Å². The van der Waals surface area contributed by atoms with E-state index in [0.717, 1.165) is 12.1 Å². The van der Waals surface area contributed by atoms with E-state index in [1.54, 1.807) is 24.5 Å². The Hall–Kier alpha value is -3.86. The lowest BCUT2D eigenvalue weighted by Gasteiger charge is -2.27. The summed E-state index contributed by atoms with van der Waals surface area (Å²) < 4.78 is 0. The van der Waals surface area contributed by atoms with Crippen LogP contribution in [0, 0.1) is 5.41 Å². The van der Waals surface area contributed by atoms with Crippen LogP contribution in [0.2, 0.25) is 0 Å². The van der Waals surface area contributed by atoms with Gasteiger partial charge in [-0.25, -0.2) is 4.98 Å². The molecule has 30 heavy (non-hydrogen) atoms. The minimum absolute atomic E-state index is 0.127. The Morgan fingerprint density at radius 1 is 1.27 bits per heavy atom. The zero-order chi connectivity index (χ0) is 21.1. The van der Waals surface area contributed by atoms with Crippen molar-refractivity contribution in [3.8, 4) is 5.69 Å². The molecule has 1 fully saturated rings. The number of amides is 1. The molecule has 0 spiro atoms. The van der Waals surface area contributed by atoms with E-state index < -0.39 is 12.0 Å². The van der Waals surface area contributed by atoms with Gasteiger partial charge in [-0.2, -0.15) is 20.0 Å². The van der Waals surface area contributed by atoms with Crippen molar-refractivity contribution in [3.05, 3.63) is 48.4 Å². The quantitative estimate of drug-likeness (QED) is 0.407. The van der Waals surface area contributed by atoms with E-state index >= 15 is 0 Å². The number of carbonyl (C=O) groups excluding carboxylic acids is 1. The van der Waals surface area contributed by atoms with Crippen LogP contribution < -0.4 is 16.4 Å². The van der Waals surface area contributed by atoms with Crippen molar-refractivity contribution in [2.24, 2.45) is 5.73 Å². The number of rotatable bonds is 6. The summed E-state index contributed by atoms with van der Waals surface area (Å²) in [4.78, 5) is 21.9. The first-order chi connectivity index (χ1) is 14.5. The Morgan fingerprint density at radius 2 is 2.07 bits per heavy atom. The van der Waals surface area contributed by atoms with Crippen LogP contribution in [0.4, 0.5) is 17.5 Å². The third kappa shape index (κ3) is 4.10. The number of aromatic nitrogens is 5. The molecule has 11 nitrogen and oxygen atoms in total. The van der Waals surface area contributed by atoms with Crippen molar-refractivity contribution in [2.75, 3.05) is 10.6 Å². The fourth-order valence-corrected chi connectivity index (χ4v) is 3.29. The highest BCUT2D eigenvalue weighted by molar-refractivity contribution is 5.98. The number of nitrogens with zero attached hydrogens (tertiary/aromatic N) is 5. The van der Waals surface area contributed by atoms with Gasteiger partial charge in [-0.3, -0.25) is 4.79 Å². The van der Waals surface area contributed by atoms with Gasteiger partial charge in [-0.15, -0.1) is 0 Å². The molecule has 0 radical (unpaired) electrons. The van der Waals surface area contributed by atoms with Crippen LogP contribution in [0.1, 0.15) is 29.6 Å². The average Bonchev–Trinajstić information content (AvgIpc) is 3.27. The SMILES string of the molecule is N=C1[C@@H](O)CCC[C@H]1Nc1ncc(C(N)=O)c(Nc2cccc(-n3nccn3)c2)n1. The van der Waals surface area contributed by atoms with Gasteiger partial charge in [0.25, 0.3) is 5.91 Å². The summed E-state index contributed by atoms with van der Waals surface area (Å²) in [7, 11) is 0. The molecule has 154 valence electrons. The van der Waals surface area contributed by atoms with E-state index in [2.05, 4.69) is 30.8 Å². The molecule has 2 atom stereocenters. The van der Waals surface area contributed by atoms with Gasteiger partial charge in [0, 0.05) is 11.9 Å². The van der Waals surface area contributed by atoms with Gasteiger partial charge in [0.2, 0.25) is 5.95 Å². The second-order valence-corrected chi connectivity index (χ2v) is 6.91. The van der Waals surface area contributed by atoms with Crippen molar-refractivity contribution >= 4 is 29.1 Å². The molecule has 0 bridgehead atoms. The Bertz CT molecular complexity index is 1070. The molecule has 1 amide bonds. The van der Waals surface area contributed by atoms with Crippen molar-refractivity contribution in [3.63, 3.8) is 0 Å². The van der Waals surface area contributed by atoms with E-state index in [0.29, 0.717) is 18.5 Å². The fourth-order valence-electron chi connectivity index (χ4n) is 3.29.